The smallest absolute Gasteiger partial charge is 0.508 e. The van der Waals surface area contributed by atoms with Gasteiger partial charge in [0.1, 0.15) is 39.9 Å². The Bertz CT molecular complexity index is 2250. The van der Waals surface area contributed by atoms with Crippen LogP contribution in [0.15, 0.2) is 77.1 Å². The third kappa shape index (κ3) is 13.5. The first kappa shape index (κ1) is 34.6. The van der Waals surface area contributed by atoms with Gasteiger partial charge in [-0.3, -0.25) is 0 Å². The van der Waals surface area contributed by atoms with Crippen molar-refractivity contribution in [3.05, 3.63) is 111 Å². The number of carbonyl (C=O) groups is 2. The molecule has 3 N–H and O–H groups in total. The predicted octanol–water partition coefficient (Wildman–Crippen LogP) is 10.8. The summed E-state index contributed by atoms with van der Waals surface area (Å²) in [5.41, 5.74) is -6.12. The Morgan fingerprint density at radius 3 is 1.45 bits per heavy atom. The Morgan fingerprint density at radius 2 is 1.00 bits per heavy atom. The van der Waals surface area contributed by atoms with Gasteiger partial charge in [0.05, 0.1) is 19.4 Å². The summed E-state index contributed by atoms with van der Waals surface area (Å²) in [5.74, 6) is -13.1. The van der Waals surface area contributed by atoms with E-state index < -0.39 is 136 Å². The number of ether oxygens (including phenoxy) is 3. The molecular formula is C30H15BrF14O8. The number of halogens is 15. The number of carboxylic acid groups (broad SMARTS) is 2. The van der Waals surface area contributed by atoms with Gasteiger partial charge in [-0.05, 0) is 88.6 Å². The van der Waals surface area contributed by atoms with E-state index in [4.69, 9.17) is 28.3 Å². The molecule has 0 saturated carbocycles. The van der Waals surface area contributed by atoms with Crippen molar-refractivity contribution in [1.29, 1.82) is 0 Å². The SMILES string of the molecule is O=C(O)c1c(Br)ccc(C(F)(F)F)c1F.[2H]c1cc(OC(F)(F)F)c([2H])c([2H])c1O.[2H]c1cc(OC(F)(F)F)c([2H])c([2H])c1Oc1ccc(C(F)(F)F)c(F)c1C(=O)O. The normalized spacial score (nSPS) is 13.3. The maximum Gasteiger partial charge on any atom is 0.573 e. The fourth-order valence-corrected chi connectivity index (χ4v) is 3.68. The molecule has 0 saturated heterocycles. The minimum Gasteiger partial charge on any atom is -0.508 e. The maximum atomic E-state index is 14.1. The number of hydrogen-bond acceptors (Lipinski definition) is 6. The number of phenols is 1. The molecule has 0 aliphatic carbocycles. The largest absolute Gasteiger partial charge is 0.573 e. The molecule has 0 bridgehead atoms. The Balaban J connectivity index is 0.000000336. The highest BCUT2D eigenvalue weighted by atomic mass is 79.9. The quantitative estimate of drug-likeness (QED) is 0.164. The Labute approximate surface area is 301 Å². The lowest BCUT2D eigenvalue weighted by molar-refractivity contribution is -0.275. The first-order valence-corrected chi connectivity index (χ1v) is 13.4. The number of alkyl halides is 12. The van der Waals surface area contributed by atoms with Crippen LogP contribution in [0.4, 0.5) is 61.5 Å². The van der Waals surface area contributed by atoms with Crippen molar-refractivity contribution in [2.45, 2.75) is 25.1 Å². The molecule has 23 heteroatoms. The van der Waals surface area contributed by atoms with Crippen LogP contribution in [0.1, 0.15) is 40.1 Å². The van der Waals surface area contributed by atoms with Crippen molar-refractivity contribution in [1.82, 2.24) is 0 Å². The van der Waals surface area contributed by atoms with Crippen LogP contribution in [0, 0.1) is 11.6 Å². The van der Waals surface area contributed by atoms with Crippen LogP contribution in [0.5, 0.6) is 28.7 Å². The van der Waals surface area contributed by atoms with Crippen LogP contribution in [0.3, 0.4) is 0 Å². The van der Waals surface area contributed by atoms with Crippen molar-refractivity contribution in [3.8, 4) is 28.7 Å². The summed E-state index contributed by atoms with van der Waals surface area (Å²) in [6, 6.07) is -3.15. The summed E-state index contributed by atoms with van der Waals surface area (Å²) < 4.78 is 229. The molecule has 4 aromatic carbocycles. The summed E-state index contributed by atoms with van der Waals surface area (Å²) in [7, 11) is 0. The molecule has 0 spiro atoms. The molecule has 53 heavy (non-hydrogen) atoms. The lowest BCUT2D eigenvalue weighted by Gasteiger charge is -2.14. The standard InChI is InChI=1S/C15H7F7O4.C8H3BrF4O2.C7H5F3O2/c16-12-9(14(17,18)19)5-6-10(11(12)13(23)24)25-7-1-3-8(4-2-7)26-15(20,21)22;9-4-2-1-3(8(11,12)13)6(10)5(4)7(14)15;8-7(9,10)12-6-3-1-5(11)2-4-6/h1-6H,(H,23,24);1-2H,(H,14,15);1-4,11H/i1D,2D,3D;;1D,2D,3D. The number of hydrogen-bond donors (Lipinski definition) is 3. The van der Waals surface area contributed by atoms with E-state index >= 15 is 0 Å². The first-order chi connectivity index (χ1) is 26.6. The summed E-state index contributed by atoms with van der Waals surface area (Å²) in [4.78, 5) is 21.7. The van der Waals surface area contributed by atoms with E-state index in [-0.39, 0.29) is 10.5 Å². The summed E-state index contributed by atoms with van der Waals surface area (Å²) in [5, 5.41) is 26.5. The molecular weight excluding hydrogens is 834 g/mol. The van der Waals surface area contributed by atoms with Gasteiger partial charge in [0.15, 0.2) is 11.6 Å². The van der Waals surface area contributed by atoms with Crippen molar-refractivity contribution in [2.75, 3.05) is 0 Å². The van der Waals surface area contributed by atoms with Gasteiger partial charge in [0.2, 0.25) is 0 Å². The summed E-state index contributed by atoms with van der Waals surface area (Å²) in [6.45, 7) is 0. The molecule has 0 fully saturated rings. The second-order valence-electron chi connectivity index (χ2n) is 8.87. The summed E-state index contributed by atoms with van der Waals surface area (Å²) in [6.07, 6.45) is -20.4. The van der Waals surface area contributed by atoms with Gasteiger partial charge in [-0.1, -0.05) is 0 Å². The van der Waals surface area contributed by atoms with E-state index in [2.05, 4.69) is 25.4 Å². The van der Waals surface area contributed by atoms with Crippen molar-refractivity contribution in [3.63, 3.8) is 0 Å². The molecule has 0 unspecified atom stereocenters. The summed E-state index contributed by atoms with van der Waals surface area (Å²) >= 11 is 2.66. The monoisotopic (exact) mass is 854 g/mol. The van der Waals surface area contributed by atoms with Crippen molar-refractivity contribution >= 4 is 27.9 Å². The zero-order chi connectivity index (χ0) is 45.9. The second kappa shape index (κ2) is 16.9. The molecule has 4 rings (SSSR count). The second-order valence-corrected chi connectivity index (χ2v) is 9.73. The highest BCUT2D eigenvalue weighted by Crippen LogP contribution is 2.38. The molecule has 4 aromatic rings. The van der Waals surface area contributed by atoms with E-state index in [0.717, 1.165) is 6.07 Å². The van der Waals surface area contributed by atoms with Crippen LogP contribution >= 0.6 is 15.9 Å². The van der Waals surface area contributed by atoms with E-state index in [0.29, 0.717) is 24.3 Å². The topological polar surface area (TPSA) is 123 Å². The first-order valence-electron chi connectivity index (χ1n) is 15.6. The number of benzene rings is 4. The fourth-order valence-electron chi connectivity index (χ4n) is 3.20. The van der Waals surface area contributed by atoms with Crippen LogP contribution < -0.4 is 14.2 Å². The molecule has 0 aromatic heterocycles. The lowest BCUT2D eigenvalue weighted by Crippen LogP contribution is -2.17. The van der Waals surface area contributed by atoms with Crippen LogP contribution in [0.25, 0.3) is 0 Å². The molecule has 0 aliphatic heterocycles. The van der Waals surface area contributed by atoms with Gasteiger partial charge >= 0.3 is 37.0 Å². The Hall–Kier alpha value is -5.48. The van der Waals surface area contributed by atoms with Gasteiger partial charge in [0.25, 0.3) is 0 Å². The average Bonchev–Trinajstić information content (AvgIpc) is 3.05. The van der Waals surface area contributed by atoms with E-state index in [9.17, 15) is 71.1 Å². The van der Waals surface area contributed by atoms with Gasteiger partial charge < -0.3 is 29.5 Å². The number of aromatic carboxylic acids is 2. The van der Waals surface area contributed by atoms with E-state index in [1.54, 1.807) is 0 Å². The highest BCUT2D eigenvalue weighted by Gasteiger charge is 2.38. The Kier molecular flexibility index (Phi) is 11.0. The molecule has 0 radical (unpaired) electrons. The van der Waals surface area contributed by atoms with Gasteiger partial charge in [-0.15, -0.1) is 26.3 Å². The number of carboxylic acids is 2. The van der Waals surface area contributed by atoms with E-state index in [1.807, 2.05) is 0 Å². The molecule has 0 heterocycles. The minimum absolute atomic E-state index is 0.146. The predicted molar refractivity (Wildman–Crippen MR) is 152 cm³/mol. The van der Waals surface area contributed by atoms with Crippen LogP contribution in [-0.2, 0) is 12.4 Å². The maximum absolute atomic E-state index is 14.1. The van der Waals surface area contributed by atoms with Crippen molar-refractivity contribution < 1.29 is 109 Å². The zero-order valence-corrected chi connectivity index (χ0v) is 26.1. The molecule has 8 nitrogen and oxygen atoms in total. The van der Waals surface area contributed by atoms with Crippen LogP contribution in [-0.4, -0.2) is 40.0 Å². The van der Waals surface area contributed by atoms with Crippen LogP contribution in [0.2, 0.25) is 0 Å². The van der Waals surface area contributed by atoms with Gasteiger partial charge in [-0.25, -0.2) is 18.4 Å². The third-order valence-corrected chi connectivity index (χ3v) is 5.84. The Morgan fingerprint density at radius 1 is 0.585 bits per heavy atom. The average molecular weight is 855 g/mol. The molecule has 0 atom stereocenters. The van der Waals surface area contributed by atoms with E-state index in [1.165, 1.54) is 0 Å². The van der Waals surface area contributed by atoms with Crippen molar-refractivity contribution in [2.24, 2.45) is 0 Å². The molecule has 0 aliphatic rings. The minimum atomic E-state index is -5.25. The molecule has 288 valence electrons. The third-order valence-electron chi connectivity index (χ3n) is 5.17. The van der Waals surface area contributed by atoms with Gasteiger partial charge in [-0.2, -0.15) is 26.3 Å². The zero-order valence-electron chi connectivity index (χ0n) is 30.5. The van der Waals surface area contributed by atoms with Gasteiger partial charge in [0, 0.05) is 4.47 Å². The fraction of sp³-hybridized carbons (Fsp3) is 0.133. The number of aromatic hydroxyl groups is 1. The lowest BCUT2D eigenvalue weighted by atomic mass is 10.1. The molecule has 0 amide bonds. The number of phenolic OH excluding ortho intramolecular Hbond substituents is 1. The number of rotatable bonds is 6. The highest BCUT2D eigenvalue weighted by molar-refractivity contribution is 9.10.